The number of thiophene rings is 1. The number of halogens is 1. The van der Waals surface area contributed by atoms with E-state index in [1.54, 1.807) is 23.5 Å². The van der Waals surface area contributed by atoms with Gasteiger partial charge in [0.1, 0.15) is 0 Å². The van der Waals surface area contributed by atoms with E-state index < -0.39 is 0 Å². The molecular weight excluding hydrogens is 345 g/mol. The maximum absolute atomic E-state index is 4.45. The van der Waals surface area contributed by atoms with Crippen LogP contribution in [-0.2, 0) is 6.54 Å². The van der Waals surface area contributed by atoms with E-state index in [9.17, 15) is 0 Å². The van der Waals surface area contributed by atoms with Crippen molar-refractivity contribution in [1.29, 1.82) is 0 Å². The van der Waals surface area contributed by atoms with Crippen molar-refractivity contribution in [2.45, 2.75) is 6.54 Å². The van der Waals surface area contributed by atoms with Crippen molar-refractivity contribution in [3.63, 3.8) is 0 Å². The van der Waals surface area contributed by atoms with Crippen molar-refractivity contribution in [1.82, 2.24) is 10.6 Å². The summed E-state index contributed by atoms with van der Waals surface area (Å²) in [6.07, 6.45) is 3.60. The average molecular weight is 363 g/mol. The number of rotatable bonds is 6. The third-order valence-corrected chi connectivity index (χ3v) is 2.66. The second-order valence-electron chi connectivity index (χ2n) is 3.08. The number of guanidine groups is 1. The molecule has 0 spiro atoms. The fourth-order valence-corrected chi connectivity index (χ4v) is 1.70. The van der Waals surface area contributed by atoms with Crippen LogP contribution in [0.3, 0.4) is 0 Å². The van der Waals surface area contributed by atoms with Gasteiger partial charge in [-0.15, -0.1) is 48.5 Å². The molecule has 0 aliphatic rings. The van der Waals surface area contributed by atoms with Crippen LogP contribution in [0.1, 0.15) is 4.88 Å². The molecule has 0 bridgehead atoms. The largest absolute Gasteiger partial charge is 0.353 e. The first-order valence-corrected chi connectivity index (χ1v) is 6.01. The summed E-state index contributed by atoms with van der Waals surface area (Å²) in [7, 11) is 0. The number of aliphatic imine (C=N–C) groups is 1. The summed E-state index contributed by atoms with van der Waals surface area (Å²) in [4.78, 5) is 5.70. The van der Waals surface area contributed by atoms with E-state index in [0.29, 0.717) is 19.6 Å². The van der Waals surface area contributed by atoms with Gasteiger partial charge in [0.25, 0.3) is 0 Å². The third-order valence-electron chi connectivity index (χ3n) is 1.80. The molecule has 1 rings (SSSR count). The van der Waals surface area contributed by atoms with Crippen molar-refractivity contribution >= 4 is 41.3 Å². The van der Waals surface area contributed by atoms with Gasteiger partial charge in [-0.1, -0.05) is 18.2 Å². The van der Waals surface area contributed by atoms with E-state index >= 15 is 0 Å². The number of nitrogens with one attached hydrogen (secondary N) is 2. The Kier molecular flexibility index (Phi) is 9.84. The van der Waals surface area contributed by atoms with Crippen LogP contribution in [0.2, 0.25) is 0 Å². The van der Waals surface area contributed by atoms with Crippen molar-refractivity contribution in [2.75, 3.05) is 13.1 Å². The molecule has 2 N–H and O–H groups in total. The highest BCUT2D eigenvalue weighted by Gasteiger charge is 1.96. The van der Waals surface area contributed by atoms with Gasteiger partial charge in [0.15, 0.2) is 5.96 Å². The molecule has 0 amide bonds. The summed E-state index contributed by atoms with van der Waals surface area (Å²) >= 11 is 1.71. The first kappa shape index (κ1) is 16.2. The SMILES string of the molecule is C=CCNC(=NCc1cccs1)NCC=C.I. The minimum atomic E-state index is 0. The van der Waals surface area contributed by atoms with Crippen LogP contribution in [0.15, 0.2) is 47.8 Å². The minimum Gasteiger partial charge on any atom is -0.353 e. The second-order valence-corrected chi connectivity index (χ2v) is 4.12. The summed E-state index contributed by atoms with van der Waals surface area (Å²) in [5, 5.41) is 8.34. The van der Waals surface area contributed by atoms with Crippen LogP contribution in [0.25, 0.3) is 0 Å². The quantitative estimate of drug-likeness (QED) is 0.353. The van der Waals surface area contributed by atoms with Crippen LogP contribution in [0.5, 0.6) is 0 Å². The molecule has 0 unspecified atom stereocenters. The van der Waals surface area contributed by atoms with Crippen molar-refractivity contribution in [2.24, 2.45) is 4.99 Å². The average Bonchev–Trinajstić information content (AvgIpc) is 2.81. The van der Waals surface area contributed by atoms with Gasteiger partial charge in [-0.05, 0) is 11.4 Å². The molecule has 0 atom stereocenters. The van der Waals surface area contributed by atoms with Crippen molar-refractivity contribution < 1.29 is 0 Å². The molecule has 94 valence electrons. The molecule has 0 aliphatic heterocycles. The Morgan fingerprint density at radius 1 is 1.29 bits per heavy atom. The highest BCUT2D eigenvalue weighted by atomic mass is 127. The van der Waals surface area contributed by atoms with Gasteiger partial charge in [-0.2, -0.15) is 0 Å². The van der Waals surface area contributed by atoms with Crippen molar-refractivity contribution in [3.8, 4) is 0 Å². The lowest BCUT2D eigenvalue weighted by Crippen LogP contribution is -2.37. The number of hydrogen-bond acceptors (Lipinski definition) is 2. The monoisotopic (exact) mass is 363 g/mol. The van der Waals surface area contributed by atoms with E-state index in [1.165, 1.54) is 4.88 Å². The zero-order chi connectivity index (χ0) is 11.6. The lowest BCUT2D eigenvalue weighted by atomic mass is 10.5. The molecule has 0 saturated carbocycles. The van der Waals surface area contributed by atoms with Crippen molar-refractivity contribution in [3.05, 3.63) is 47.7 Å². The summed E-state index contributed by atoms with van der Waals surface area (Å²) in [6, 6.07) is 4.11. The standard InChI is InChI=1S/C12H17N3S.HI/c1-3-7-13-12(14-8-4-2)15-10-11-6-5-9-16-11;/h3-6,9H,1-2,7-8,10H2,(H2,13,14,15);1H. The molecule has 3 nitrogen and oxygen atoms in total. The van der Waals surface area contributed by atoms with Gasteiger partial charge < -0.3 is 10.6 Å². The van der Waals surface area contributed by atoms with Gasteiger partial charge in [-0.3, -0.25) is 0 Å². The third kappa shape index (κ3) is 7.17. The summed E-state index contributed by atoms with van der Waals surface area (Å²) in [5.41, 5.74) is 0. The molecule has 1 heterocycles. The molecule has 0 saturated heterocycles. The molecule has 1 aromatic heterocycles. The van der Waals surface area contributed by atoms with E-state index in [2.05, 4.69) is 40.2 Å². The Labute approximate surface area is 124 Å². The molecule has 17 heavy (non-hydrogen) atoms. The van der Waals surface area contributed by atoms with Crippen LogP contribution in [-0.4, -0.2) is 19.0 Å². The maximum Gasteiger partial charge on any atom is 0.192 e. The Hall–Kier alpha value is -0.820. The van der Waals surface area contributed by atoms with Gasteiger partial charge in [-0.25, -0.2) is 4.99 Å². The molecule has 0 aliphatic carbocycles. The normalized spacial score (nSPS) is 8.71. The lowest BCUT2D eigenvalue weighted by Gasteiger charge is -2.08. The fourth-order valence-electron chi connectivity index (χ4n) is 1.07. The smallest absolute Gasteiger partial charge is 0.192 e. The predicted molar refractivity (Wildman–Crippen MR) is 87.3 cm³/mol. The first-order chi connectivity index (χ1) is 7.86. The van der Waals surface area contributed by atoms with E-state index in [1.807, 2.05) is 6.07 Å². The van der Waals surface area contributed by atoms with Gasteiger partial charge >= 0.3 is 0 Å². The van der Waals surface area contributed by atoms with E-state index in [-0.39, 0.29) is 24.0 Å². The molecule has 0 fully saturated rings. The van der Waals surface area contributed by atoms with Crippen LogP contribution in [0, 0.1) is 0 Å². The minimum absolute atomic E-state index is 0. The molecule has 5 heteroatoms. The van der Waals surface area contributed by atoms with Crippen LogP contribution in [0.4, 0.5) is 0 Å². The molecule has 0 radical (unpaired) electrons. The summed E-state index contributed by atoms with van der Waals surface area (Å²) in [6.45, 7) is 9.42. The zero-order valence-corrected chi connectivity index (χ0v) is 12.8. The van der Waals surface area contributed by atoms with Crippen LogP contribution < -0.4 is 10.6 Å². The van der Waals surface area contributed by atoms with Gasteiger partial charge in [0, 0.05) is 18.0 Å². The van der Waals surface area contributed by atoms with Crippen LogP contribution >= 0.6 is 35.3 Å². The lowest BCUT2D eigenvalue weighted by molar-refractivity contribution is 0.891. The summed E-state index contributed by atoms with van der Waals surface area (Å²) in [5.74, 6) is 0.785. The van der Waals surface area contributed by atoms with E-state index in [0.717, 1.165) is 5.96 Å². The second kappa shape index (κ2) is 10.3. The highest BCUT2D eigenvalue weighted by molar-refractivity contribution is 14.0. The Morgan fingerprint density at radius 3 is 2.41 bits per heavy atom. The molecular formula is C12H18IN3S. The highest BCUT2D eigenvalue weighted by Crippen LogP contribution is 2.09. The fraction of sp³-hybridized carbons (Fsp3) is 0.250. The summed E-state index contributed by atoms with van der Waals surface area (Å²) < 4.78 is 0. The predicted octanol–water partition coefficient (Wildman–Crippen LogP) is 2.77. The topological polar surface area (TPSA) is 36.4 Å². The molecule has 1 aromatic rings. The zero-order valence-electron chi connectivity index (χ0n) is 9.69. The Bertz CT molecular complexity index is 333. The number of nitrogens with zero attached hydrogens (tertiary/aromatic N) is 1. The first-order valence-electron chi connectivity index (χ1n) is 5.13. The Balaban J connectivity index is 0.00000256. The maximum atomic E-state index is 4.45. The number of hydrogen-bond donors (Lipinski definition) is 2. The molecule has 0 aromatic carbocycles. The van der Waals surface area contributed by atoms with E-state index in [4.69, 9.17) is 0 Å². The van der Waals surface area contributed by atoms with Gasteiger partial charge in [0.2, 0.25) is 0 Å². The Morgan fingerprint density at radius 2 is 1.94 bits per heavy atom. The van der Waals surface area contributed by atoms with Gasteiger partial charge in [0.05, 0.1) is 6.54 Å².